The Kier molecular flexibility index (Phi) is 2.57. The summed E-state index contributed by atoms with van der Waals surface area (Å²) in [7, 11) is 0. The van der Waals surface area contributed by atoms with Crippen LogP contribution in [0.25, 0.3) is 0 Å². The van der Waals surface area contributed by atoms with Crippen molar-refractivity contribution in [2.45, 2.75) is 45.4 Å². The van der Waals surface area contributed by atoms with Gasteiger partial charge >= 0.3 is 0 Å². The Morgan fingerprint density at radius 3 is 2.65 bits per heavy atom. The van der Waals surface area contributed by atoms with Crippen molar-refractivity contribution in [3.8, 4) is 0 Å². The van der Waals surface area contributed by atoms with E-state index in [1.165, 1.54) is 31.2 Å². The van der Waals surface area contributed by atoms with Gasteiger partial charge in [-0.25, -0.2) is 0 Å². The van der Waals surface area contributed by atoms with Gasteiger partial charge in [-0.1, -0.05) is 24.6 Å². The largest absolute Gasteiger partial charge is 0.294 e. The Balaban J connectivity index is 2.03. The van der Waals surface area contributed by atoms with Crippen molar-refractivity contribution in [3.63, 3.8) is 0 Å². The highest BCUT2D eigenvalue weighted by atomic mass is 16.1. The molecule has 0 amide bonds. The minimum absolute atomic E-state index is 0.237. The topological polar surface area (TPSA) is 17.1 Å². The van der Waals surface area contributed by atoms with E-state index >= 15 is 0 Å². The highest BCUT2D eigenvalue weighted by molar-refractivity contribution is 5.97. The summed E-state index contributed by atoms with van der Waals surface area (Å²) in [5.74, 6) is 2.68. The van der Waals surface area contributed by atoms with Gasteiger partial charge in [0.05, 0.1) is 0 Å². The number of ketones is 1. The molecule has 0 heterocycles. The Hall–Kier alpha value is -1.11. The first kappa shape index (κ1) is 11.0. The maximum absolute atomic E-state index is 11.8. The number of benzene rings is 1. The summed E-state index contributed by atoms with van der Waals surface area (Å²) in [5, 5.41) is 0. The molecular weight excluding hydrogens is 208 g/mol. The normalized spacial score (nSPS) is 30.8. The van der Waals surface area contributed by atoms with Crippen LogP contribution in [0.3, 0.4) is 0 Å². The molecule has 0 aliphatic heterocycles. The fraction of sp³-hybridized carbons (Fsp3) is 0.562. The van der Waals surface area contributed by atoms with Gasteiger partial charge in [-0.05, 0) is 62.0 Å². The molecule has 0 aromatic heterocycles. The van der Waals surface area contributed by atoms with E-state index in [0.29, 0.717) is 5.92 Å². The van der Waals surface area contributed by atoms with Gasteiger partial charge in [-0.3, -0.25) is 4.79 Å². The lowest BCUT2D eigenvalue weighted by Gasteiger charge is -2.24. The number of carbonyl (C=O) groups excluding carboxylic acids is 1. The average molecular weight is 228 g/mol. The zero-order chi connectivity index (χ0) is 12.0. The van der Waals surface area contributed by atoms with E-state index in [0.717, 1.165) is 23.0 Å². The summed E-state index contributed by atoms with van der Waals surface area (Å²) in [4.78, 5) is 11.8. The number of carbonyl (C=O) groups is 1. The lowest BCUT2D eigenvalue weighted by molar-refractivity contribution is 0.101. The van der Waals surface area contributed by atoms with Crippen molar-refractivity contribution in [1.29, 1.82) is 0 Å². The fourth-order valence-corrected chi connectivity index (χ4v) is 4.11. The standard InChI is InChI=1S/C16H20O/c1-10-4-3-5-14(16(10)11(2)17)15-9-12-6-7-13(15)8-12/h3-5,12-13,15H,6-9H2,1-2H3. The first-order valence-electron chi connectivity index (χ1n) is 6.77. The summed E-state index contributed by atoms with van der Waals surface area (Å²) < 4.78 is 0. The van der Waals surface area contributed by atoms with Crippen molar-refractivity contribution < 1.29 is 4.79 Å². The molecule has 1 aromatic carbocycles. The number of hydrogen-bond acceptors (Lipinski definition) is 1. The highest BCUT2D eigenvalue weighted by Crippen LogP contribution is 2.53. The van der Waals surface area contributed by atoms with Gasteiger partial charge in [0.25, 0.3) is 0 Å². The second kappa shape index (κ2) is 3.97. The summed E-state index contributed by atoms with van der Waals surface area (Å²) in [5.41, 5.74) is 3.49. The molecule has 1 nitrogen and oxygen atoms in total. The monoisotopic (exact) mass is 228 g/mol. The SMILES string of the molecule is CC(=O)c1c(C)cccc1C1CC2CCC1C2. The van der Waals surface area contributed by atoms with Crippen molar-refractivity contribution in [1.82, 2.24) is 0 Å². The first-order chi connectivity index (χ1) is 8.16. The molecule has 2 aliphatic carbocycles. The van der Waals surface area contributed by atoms with Gasteiger partial charge in [0.2, 0.25) is 0 Å². The fourth-order valence-electron chi connectivity index (χ4n) is 4.11. The molecular formula is C16H20O. The molecule has 17 heavy (non-hydrogen) atoms. The quantitative estimate of drug-likeness (QED) is 0.696. The van der Waals surface area contributed by atoms with Gasteiger partial charge in [-0.2, -0.15) is 0 Å². The van der Waals surface area contributed by atoms with Crippen LogP contribution in [0.2, 0.25) is 0 Å². The summed E-state index contributed by atoms with van der Waals surface area (Å²) in [6.45, 7) is 3.77. The van der Waals surface area contributed by atoms with Crippen LogP contribution >= 0.6 is 0 Å². The minimum Gasteiger partial charge on any atom is -0.294 e. The number of fused-ring (bicyclic) bond motifs is 2. The number of rotatable bonds is 2. The maximum Gasteiger partial charge on any atom is 0.160 e. The minimum atomic E-state index is 0.237. The van der Waals surface area contributed by atoms with Crippen molar-refractivity contribution >= 4 is 5.78 Å². The molecule has 3 rings (SSSR count). The van der Waals surface area contributed by atoms with E-state index in [4.69, 9.17) is 0 Å². The zero-order valence-corrected chi connectivity index (χ0v) is 10.7. The molecule has 2 fully saturated rings. The molecule has 2 aliphatic rings. The summed E-state index contributed by atoms with van der Waals surface area (Å²) in [6.07, 6.45) is 5.51. The molecule has 3 unspecified atom stereocenters. The van der Waals surface area contributed by atoms with E-state index in [9.17, 15) is 4.79 Å². The molecule has 2 saturated carbocycles. The van der Waals surface area contributed by atoms with Gasteiger partial charge in [0.1, 0.15) is 0 Å². The second-order valence-electron chi connectivity index (χ2n) is 5.88. The lowest BCUT2D eigenvalue weighted by Crippen LogP contribution is -2.13. The Labute approximate surface area is 103 Å². The van der Waals surface area contributed by atoms with E-state index in [1.807, 2.05) is 0 Å². The maximum atomic E-state index is 11.8. The molecule has 0 spiro atoms. The molecule has 2 bridgehead atoms. The van der Waals surface area contributed by atoms with E-state index < -0.39 is 0 Å². The molecule has 0 radical (unpaired) electrons. The van der Waals surface area contributed by atoms with Crippen LogP contribution in [0, 0.1) is 18.8 Å². The van der Waals surface area contributed by atoms with E-state index in [-0.39, 0.29) is 5.78 Å². The van der Waals surface area contributed by atoms with Crippen LogP contribution in [0.15, 0.2) is 18.2 Å². The van der Waals surface area contributed by atoms with E-state index in [1.54, 1.807) is 6.92 Å². The number of aryl methyl sites for hydroxylation is 1. The van der Waals surface area contributed by atoms with Crippen LogP contribution < -0.4 is 0 Å². The molecule has 1 heteroatoms. The summed E-state index contributed by atoms with van der Waals surface area (Å²) in [6, 6.07) is 6.37. The van der Waals surface area contributed by atoms with Crippen LogP contribution in [0.5, 0.6) is 0 Å². The predicted octanol–water partition coefficient (Wildman–Crippen LogP) is 4.10. The Morgan fingerprint density at radius 1 is 1.24 bits per heavy atom. The molecule has 1 aromatic rings. The zero-order valence-electron chi connectivity index (χ0n) is 10.7. The third-order valence-electron chi connectivity index (χ3n) is 4.79. The van der Waals surface area contributed by atoms with Crippen LogP contribution in [-0.2, 0) is 0 Å². The van der Waals surface area contributed by atoms with Gasteiger partial charge < -0.3 is 0 Å². The van der Waals surface area contributed by atoms with Crippen LogP contribution in [-0.4, -0.2) is 5.78 Å². The molecule has 0 saturated heterocycles. The first-order valence-corrected chi connectivity index (χ1v) is 6.77. The van der Waals surface area contributed by atoms with Crippen molar-refractivity contribution in [2.75, 3.05) is 0 Å². The van der Waals surface area contributed by atoms with E-state index in [2.05, 4.69) is 25.1 Å². The smallest absolute Gasteiger partial charge is 0.160 e. The van der Waals surface area contributed by atoms with Gasteiger partial charge in [0.15, 0.2) is 5.78 Å². The third-order valence-corrected chi connectivity index (χ3v) is 4.79. The van der Waals surface area contributed by atoms with Crippen LogP contribution in [0.1, 0.15) is 60.0 Å². The lowest BCUT2D eigenvalue weighted by atomic mass is 9.80. The molecule has 0 N–H and O–H groups in total. The predicted molar refractivity (Wildman–Crippen MR) is 69.4 cm³/mol. The van der Waals surface area contributed by atoms with Gasteiger partial charge in [0, 0.05) is 5.56 Å². The number of hydrogen-bond donors (Lipinski definition) is 0. The van der Waals surface area contributed by atoms with Gasteiger partial charge in [-0.15, -0.1) is 0 Å². The molecule has 3 atom stereocenters. The highest BCUT2D eigenvalue weighted by Gasteiger charge is 2.41. The van der Waals surface area contributed by atoms with Crippen molar-refractivity contribution in [3.05, 3.63) is 34.9 Å². The summed E-state index contributed by atoms with van der Waals surface area (Å²) >= 11 is 0. The Bertz CT molecular complexity index is 461. The Morgan fingerprint density at radius 2 is 2.06 bits per heavy atom. The average Bonchev–Trinajstić information content (AvgIpc) is 2.89. The molecule has 90 valence electrons. The second-order valence-corrected chi connectivity index (χ2v) is 5.88. The third kappa shape index (κ3) is 1.72. The van der Waals surface area contributed by atoms with Crippen molar-refractivity contribution in [2.24, 2.45) is 11.8 Å². The number of Topliss-reactive ketones (excluding diaryl/α,β-unsaturated/α-hetero) is 1. The van der Waals surface area contributed by atoms with Crippen LogP contribution in [0.4, 0.5) is 0 Å².